The van der Waals surface area contributed by atoms with Crippen molar-refractivity contribution < 1.29 is 4.79 Å². The molecule has 0 radical (unpaired) electrons. The van der Waals surface area contributed by atoms with Crippen molar-refractivity contribution in [2.75, 3.05) is 31.6 Å². The fourth-order valence-corrected chi connectivity index (χ4v) is 1.95. The van der Waals surface area contributed by atoms with Crippen LogP contribution in [0.2, 0.25) is 0 Å². The number of carbonyl (C=O) groups is 1. The SMILES string of the molecule is CN1CCN(c2ccc(Br)cc2)C(=O)C1. The summed E-state index contributed by atoms with van der Waals surface area (Å²) in [6.45, 7) is 2.22. The Morgan fingerprint density at radius 2 is 1.87 bits per heavy atom. The Kier molecular flexibility index (Phi) is 3.07. The molecule has 15 heavy (non-hydrogen) atoms. The largest absolute Gasteiger partial charge is 0.310 e. The van der Waals surface area contributed by atoms with Crippen LogP contribution in [0.25, 0.3) is 0 Å². The van der Waals surface area contributed by atoms with Crippen LogP contribution < -0.4 is 4.90 Å². The average molecular weight is 269 g/mol. The molecular weight excluding hydrogens is 256 g/mol. The van der Waals surface area contributed by atoms with Crippen LogP contribution in [0.5, 0.6) is 0 Å². The van der Waals surface area contributed by atoms with Crippen LogP contribution in [0.3, 0.4) is 0 Å². The van der Waals surface area contributed by atoms with E-state index in [1.54, 1.807) is 0 Å². The second-order valence-corrected chi connectivity index (χ2v) is 4.68. The molecule has 2 rings (SSSR count). The Morgan fingerprint density at radius 1 is 1.20 bits per heavy atom. The molecule has 1 aromatic rings. The lowest BCUT2D eigenvalue weighted by molar-refractivity contribution is -0.120. The fraction of sp³-hybridized carbons (Fsp3) is 0.364. The molecule has 4 heteroatoms. The molecule has 0 unspecified atom stereocenters. The number of rotatable bonds is 1. The molecule has 0 saturated carbocycles. The number of hydrogen-bond acceptors (Lipinski definition) is 2. The highest BCUT2D eigenvalue weighted by Gasteiger charge is 2.22. The number of likely N-dealkylation sites (N-methyl/N-ethyl adjacent to an activating group) is 1. The first-order valence-electron chi connectivity index (χ1n) is 4.91. The van der Waals surface area contributed by atoms with E-state index in [-0.39, 0.29) is 5.91 Å². The van der Waals surface area contributed by atoms with Gasteiger partial charge in [-0.25, -0.2) is 0 Å². The van der Waals surface area contributed by atoms with Gasteiger partial charge in [-0.05, 0) is 31.3 Å². The number of amides is 1. The van der Waals surface area contributed by atoms with Crippen LogP contribution in [0, 0.1) is 0 Å². The highest BCUT2D eigenvalue weighted by atomic mass is 79.9. The van der Waals surface area contributed by atoms with E-state index in [4.69, 9.17) is 0 Å². The van der Waals surface area contributed by atoms with Crippen LogP contribution in [0.15, 0.2) is 28.7 Å². The lowest BCUT2D eigenvalue weighted by atomic mass is 10.2. The molecule has 3 nitrogen and oxygen atoms in total. The summed E-state index contributed by atoms with van der Waals surface area (Å²) in [5.74, 6) is 0.172. The van der Waals surface area contributed by atoms with E-state index in [0.717, 1.165) is 23.2 Å². The van der Waals surface area contributed by atoms with E-state index < -0.39 is 0 Å². The number of halogens is 1. The predicted molar refractivity (Wildman–Crippen MR) is 64.0 cm³/mol. The first kappa shape index (κ1) is 10.6. The number of anilines is 1. The van der Waals surface area contributed by atoms with Crippen molar-refractivity contribution in [1.29, 1.82) is 0 Å². The summed E-state index contributed by atoms with van der Waals surface area (Å²) in [7, 11) is 1.97. The zero-order valence-corrected chi connectivity index (χ0v) is 10.2. The molecule has 1 aliphatic heterocycles. The van der Waals surface area contributed by atoms with E-state index in [1.807, 2.05) is 41.1 Å². The molecular formula is C11H13BrN2O. The first-order valence-corrected chi connectivity index (χ1v) is 5.70. The van der Waals surface area contributed by atoms with Crippen molar-refractivity contribution in [2.24, 2.45) is 0 Å². The average Bonchev–Trinajstić information content (AvgIpc) is 2.20. The van der Waals surface area contributed by atoms with E-state index in [0.29, 0.717) is 6.54 Å². The van der Waals surface area contributed by atoms with Gasteiger partial charge in [-0.2, -0.15) is 0 Å². The second-order valence-electron chi connectivity index (χ2n) is 3.76. The molecule has 1 saturated heterocycles. The summed E-state index contributed by atoms with van der Waals surface area (Å²) >= 11 is 3.38. The van der Waals surface area contributed by atoms with E-state index in [2.05, 4.69) is 15.9 Å². The van der Waals surface area contributed by atoms with Crippen molar-refractivity contribution >= 4 is 27.5 Å². The third kappa shape index (κ3) is 2.38. The number of piperazine rings is 1. The van der Waals surface area contributed by atoms with Crippen molar-refractivity contribution in [1.82, 2.24) is 4.90 Å². The topological polar surface area (TPSA) is 23.6 Å². The third-order valence-corrected chi connectivity index (χ3v) is 3.08. The molecule has 1 aliphatic rings. The maximum absolute atomic E-state index is 11.8. The summed E-state index contributed by atoms with van der Waals surface area (Å²) in [6.07, 6.45) is 0. The van der Waals surface area contributed by atoms with Gasteiger partial charge in [0, 0.05) is 23.2 Å². The minimum absolute atomic E-state index is 0.172. The van der Waals surface area contributed by atoms with Crippen LogP contribution in [0.4, 0.5) is 5.69 Å². The lowest BCUT2D eigenvalue weighted by Gasteiger charge is -2.32. The van der Waals surface area contributed by atoms with Gasteiger partial charge in [0.15, 0.2) is 0 Å². The maximum atomic E-state index is 11.8. The Hall–Kier alpha value is -0.870. The Balaban J connectivity index is 2.17. The van der Waals surface area contributed by atoms with Gasteiger partial charge < -0.3 is 4.90 Å². The smallest absolute Gasteiger partial charge is 0.241 e. The van der Waals surface area contributed by atoms with Gasteiger partial charge in [0.25, 0.3) is 0 Å². The van der Waals surface area contributed by atoms with Gasteiger partial charge in [-0.3, -0.25) is 9.69 Å². The molecule has 0 aromatic heterocycles. The zero-order chi connectivity index (χ0) is 10.8. The van der Waals surface area contributed by atoms with Gasteiger partial charge in [0.1, 0.15) is 0 Å². The molecule has 0 spiro atoms. The van der Waals surface area contributed by atoms with Crippen LogP contribution in [-0.4, -0.2) is 37.5 Å². The van der Waals surface area contributed by atoms with Crippen LogP contribution >= 0.6 is 15.9 Å². The van der Waals surface area contributed by atoms with Gasteiger partial charge in [-0.15, -0.1) is 0 Å². The van der Waals surface area contributed by atoms with Gasteiger partial charge in [-0.1, -0.05) is 15.9 Å². The standard InChI is InChI=1S/C11H13BrN2O/c1-13-6-7-14(11(15)8-13)10-4-2-9(12)3-5-10/h2-5H,6-8H2,1H3. The highest BCUT2D eigenvalue weighted by molar-refractivity contribution is 9.10. The molecule has 0 aliphatic carbocycles. The zero-order valence-electron chi connectivity index (χ0n) is 8.61. The van der Waals surface area contributed by atoms with Crippen LogP contribution in [-0.2, 0) is 4.79 Å². The number of carbonyl (C=O) groups excluding carboxylic acids is 1. The summed E-state index contributed by atoms with van der Waals surface area (Å²) in [6, 6.07) is 7.85. The minimum atomic E-state index is 0.172. The van der Waals surface area contributed by atoms with Crippen molar-refractivity contribution in [3.8, 4) is 0 Å². The molecule has 1 aromatic carbocycles. The summed E-state index contributed by atoms with van der Waals surface area (Å²) in [4.78, 5) is 15.6. The Bertz CT molecular complexity index is 363. The van der Waals surface area contributed by atoms with E-state index >= 15 is 0 Å². The summed E-state index contributed by atoms with van der Waals surface area (Å²) in [5, 5.41) is 0. The Labute approximate surface area is 97.8 Å². The third-order valence-electron chi connectivity index (χ3n) is 2.55. The summed E-state index contributed by atoms with van der Waals surface area (Å²) in [5.41, 5.74) is 0.983. The van der Waals surface area contributed by atoms with Gasteiger partial charge in [0.2, 0.25) is 5.91 Å². The lowest BCUT2D eigenvalue weighted by Crippen LogP contribution is -2.48. The number of benzene rings is 1. The predicted octanol–water partition coefficient (Wildman–Crippen LogP) is 1.73. The molecule has 0 bridgehead atoms. The molecule has 1 fully saturated rings. The van der Waals surface area contributed by atoms with Crippen LogP contribution in [0.1, 0.15) is 0 Å². The second kappa shape index (κ2) is 4.33. The number of nitrogens with zero attached hydrogens (tertiary/aromatic N) is 2. The fourth-order valence-electron chi connectivity index (χ4n) is 1.68. The monoisotopic (exact) mass is 268 g/mol. The minimum Gasteiger partial charge on any atom is -0.310 e. The highest BCUT2D eigenvalue weighted by Crippen LogP contribution is 2.19. The molecule has 80 valence electrons. The molecule has 0 atom stereocenters. The summed E-state index contributed by atoms with van der Waals surface area (Å²) < 4.78 is 1.04. The molecule has 1 heterocycles. The normalized spacial score (nSPS) is 18.3. The van der Waals surface area contributed by atoms with Gasteiger partial charge >= 0.3 is 0 Å². The number of hydrogen-bond donors (Lipinski definition) is 0. The Morgan fingerprint density at radius 3 is 2.47 bits per heavy atom. The molecule has 0 N–H and O–H groups in total. The van der Waals surface area contributed by atoms with Crippen molar-refractivity contribution in [2.45, 2.75) is 0 Å². The van der Waals surface area contributed by atoms with E-state index in [1.165, 1.54) is 0 Å². The van der Waals surface area contributed by atoms with Gasteiger partial charge in [0.05, 0.1) is 6.54 Å². The quantitative estimate of drug-likeness (QED) is 0.775. The molecule has 1 amide bonds. The van der Waals surface area contributed by atoms with E-state index in [9.17, 15) is 4.79 Å². The van der Waals surface area contributed by atoms with Crippen molar-refractivity contribution in [3.63, 3.8) is 0 Å². The maximum Gasteiger partial charge on any atom is 0.241 e. The first-order chi connectivity index (χ1) is 7.16. The van der Waals surface area contributed by atoms with Crippen molar-refractivity contribution in [3.05, 3.63) is 28.7 Å².